The van der Waals surface area contributed by atoms with Crippen LogP contribution in [0.3, 0.4) is 0 Å². The highest BCUT2D eigenvalue weighted by Gasteiger charge is 2.45. The molecule has 0 N–H and O–H groups in total. The first-order valence-corrected chi connectivity index (χ1v) is 5.61. The standard InChI is InChI=1S/C13H18N2/c1-9(2)11-5-7-12(8-6-11)13(10(3)4)14-15-13/h5-10H,1-4H3. The van der Waals surface area contributed by atoms with Gasteiger partial charge in [-0.05, 0) is 11.5 Å². The van der Waals surface area contributed by atoms with Crippen molar-refractivity contribution in [3.05, 3.63) is 35.4 Å². The minimum absolute atomic E-state index is 0.227. The minimum Gasteiger partial charge on any atom is -0.153 e. The third-order valence-corrected chi connectivity index (χ3v) is 3.12. The van der Waals surface area contributed by atoms with Crippen LogP contribution in [0.1, 0.15) is 44.7 Å². The fourth-order valence-electron chi connectivity index (χ4n) is 1.85. The molecule has 0 aliphatic carbocycles. The summed E-state index contributed by atoms with van der Waals surface area (Å²) in [5, 5.41) is 8.41. The van der Waals surface area contributed by atoms with E-state index in [9.17, 15) is 0 Å². The maximum atomic E-state index is 4.20. The molecule has 2 nitrogen and oxygen atoms in total. The van der Waals surface area contributed by atoms with Crippen LogP contribution in [0.4, 0.5) is 0 Å². The van der Waals surface area contributed by atoms with E-state index in [0.29, 0.717) is 11.8 Å². The molecule has 0 unspecified atom stereocenters. The molecule has 2 heteroatoms. The number of benzene rings is 1. The lowest BCUT2D eigenvalue weighted by atomic mass is 9.90. The summed E-state index contributed by atoms with van der Waals surface area (Å²) in [5.74, 6) is 1.03. The largest absolute Gasteiger partial charge is 0.218 e. The second-order valence-electron chi connectivity index (χ2n) is 4.86. The highest BCUT2D eigenvalue weighted by atomic mass is 15.4. The molecule has 1 aromatic carbocycles. The predicted molar refractivity (Wildman–Crippen MR) is 61.9 cm³/mol. The molecule has 2 rings (SSSR count). The van der Waals surface area contributed by atoms with E-state index in [0.717, 1.165) is 0 Å². The fraction of sp³-hybridized carbons (Fsp3) is 0.538. The molecule has 0 atom stereocenters. The SMILES string of the molecule is CC(C)c1ccc(C2(C(C)C)N=N2)cc1. The van der Waals surface area contributed by atoms with Gasteiger partial charge in [-0.3, -0.25) is 0 Å². The molecule has 0 saturated heterocycles. The monoisotopic (exact) mass is 202 g/mol. The van der Waals surface area contributed by atoms with Crippen LogP contribution in [0.25, 0.3) is 0 Å². The van der Waals surface area contributed by atoms with Crippen LogP contribution in [-0.4, -0.2) is 0 Å². The molecule has 0 fully saturated rings. The van der Waals surface area contributed by atoms with Gasteiger partial charge in [0.25, 0.3) is 0 Å². The van der Waals surface area contributed by atoms with Gasteiger partial charge in [-0.1, -0.05) is 52.0 Å². The van der Waals surface area contributed by atoms with Crippen molar-refractivity contribution in [3.63, 3.8) is 0 Å². The number of hydrogen-bond donors (Lipinski definition) is 0. The Morgan fingerprint density at radius 1 is 0.933 bits per heavy atom. The summed E-state index contributed by atoms with van der Waals surface area (Å²) in [6.45, 7) is 8.74. The molecule has 0 aromatic heterocycles. The summed E-state index contributed by atoms with van der Waals surface area (Å²) in [4.78, 5) is 0. The Morgan fingerprint density at radius 3 is 1.80 bits per heavy atom. The average Bonchev–Trinajstić information content (AvgIpc) is 2.98. The Hall–Kier alpha value is -1.18. The highest BCUT2D eigenvalue weighted by Crippen LogP contribution is 2.45. The van der Waals surface area contributed by atoms with E-state index >= 15 is 0 Å². The van der Waals surface area contributed by atoms with Crippen molar-refractivity contribution in [1.29, 1.82) is 0 Å². The maximum absolute atomic E-state index is 4.20. The fourth-order valence-corrected chi connectivity index (χ4v) is 1.85. The zero-order valence-electron chi connectivity index (χ0n) is 9.86. The van der Waals surface area contributed by atoms with E-state index < -0.39 is 0 Å². The van der Waals surface area contributed by atoms with Crippen LogP contribution in [0, 0.1) is 5.92 Å². The summed E-state index contributed by atoms with van der Waals surface area (Å²) >= 11 is 0. The Labute approximate surface area is 91.4 Å². The number of hydrogen-bond acceptors (Lipinski definition) is 2. The molecular formula is C13H18N2. The maximum Gasteiger partial charge on any atom is 0.218 e. The van der Waals surface area contributed by atoms with Gasteiger partial charge in [0, 0.05) is 11.5 Å². The molecule has 0 amide bonds. The minimum atomic E-state index is -0.227. The van der Waals surface area contributed by atoms with Crippen molar-refractivity contribution in [3.8, 4) is 0 Å². The Balaban J connectivity index is 2.25. The first kappa shape index (κ1) is 10.3. The van der Waals surface area contributed by atoms with Crippen molar-refractivity contribution in [2.45, 2.75) is 39.3 Å². The van der Waals surface area contributed by atoms with Gasteiger partial charge in [-0.2, -0.15) is 10.2 Å². The zero-order valence-corrected chi connectivity index (χ0v) is 9.86. The normalized spacial score (nSPS) is 17.5. The van der Waals surface area contributed by atoms with Crippen molar-refractivity contribution in [2.75, 3.05) is 0 Å². The van der Waals surface area contributed by atoms with Gasteiger partial charge in [-0.25, -0.2) is 0 Å². The molecule has 15 heavy (non-hydrogen) atoms. The molecule has 80 valence electrons. The smallest absolute Gasteiger partial charge is 0.153 e. The third kappa shape index (κ3) is 1.69. The molecule has 1 aliphatic rings. The summed E-state index contributed by atoms with van der Waals surface area (Å²) in [6, 6.07) is 8.70. The van der Waals surface area contributed by atoms with E-state index in [-0.39, 0.29) is 5.66 Å². The van der Waals surface area contributed by atoms with Crippen LogP contribution in [-0.2, 0) is 5.66 Å². The van der Waals surface area contributed by atoms with E-state index in [1.165, 1.54) is 11.1 Å². The van der Waals surface area contributed by atoms with E-state index in [1.54, 1.807) is 0 Å². The lowest BCUT2D eigenvalue weighted by Crippen LogP contribution is -2.16. The van der Waals surface area contributed by atoms with E-state index in [1.807, 2.05) is 0 Å². The molecular weight excluding hydrogens is 184 g/mol. The third-order valence-electron chi connectivity index (χ3n) is 3.12. The van der Waals surface area contributed by atoms with Gasteiger partial charge in [0.05, 0.1) is 0 Å². The van der Waals surface area contributed by atoms with Gasteiger partial charge in [0.15, 0.2) is 0 Å². The van der Waals surface area contributed by atoms with Crippen molar-refractivity contribution >= 4 is 0 Å². The number of rotatable bonds is 3. The molecule has 0 radical (unpaired) electrons. The molecule has 1 heterocycles. The molecule has 1 aliphatic heterocycles. The lowest BCUT2D eigenvalue weighted by molar-refractivity contribution is 0.450. The van der Waals surface area contributed by atoms with Gasteiger partial charge in [0.2, 0.25) is 5.66 Å². The van der Waals surface area contributed by atoms with E-state index in [4.69, 9.17) is 0 Å². The van der Waals surface area contributed by atoms with Gasteiger partial charge in [0.1, 0.15) is 0 Å². The second-order valence-corrected chi connectivity index (χ2v) is 4.86. The lowest BCUT2D eigenvalue weighted by Gasteiger charge is -2.15. The molecule has 0 bridgehead atoms. The van der Waals surface area contributed by atoms with Crippen LogP contribution < -0.4 is 0 Å². The topological polar surface area (TPSA) is 24.7 Å². The zero-order chi connectivity index (χ0) is 11.1. The summed E-state index contributed by atoms with van der Waals surface area (Å²) in [6.07, 6.45) is 0. The van der Waals surface area contributed by atoms with Crippen molar-refractivity contribution in [2.24, 2.45) is 16.1 Å². The summed E-state index contributed by atoms with van der Waals surface area (Å²) in [7, 11) is 0. The van der Waals surface area contributed by atoms with Gasteiger partial charge >= 0.3 is 0 Å². The van der Waals surface area contributed by atoms with Gasteiger partial charge < -0.3 is 0 Å². The van der Waals surface area contributed by atoms with Crippen LogP contribution >= 0.6 is 0 Å². The first-order chi connectivity index (χ1) is 7.06. The Bertz CT molecular complexity index is 368. The molecule has 1 aromatic rings. The quantitative estimate of drug-likeness (QED) is 0.705. The highest BCUT2D eigenvalue weighted by molar-refractivity contribution is 5.32. The van der Waals surface area contributed by atoms with Crippen LogP contribution in [0.15, 0.2) is 34.5 Å². The first-order valence-electron chi connectivity index (χ1n) is 5.61. The Kier molecular flexibility index (Phi) is 2.37. The Morgan fingerprint density at radius 2 is 1.47 bits per heavy atom. The van der Waals surface area contributed by atoms with Crippen molar-refractivity contribution in [1.82, 2.24) is 0 Å². The second kappa shape index (κ2) is 3.44. The molecule has 0 spiro atoms. The molecule has 0 saturated carbocycles. The van der Waals surface area contributed by atoms with Crippen molar-refractivity contribution < 1.29 is 0 Å². The van der Waals surface area contributed by atoms with Crippen LogP contribution in [0.5, 0.6) is 0 Å². The number of nitrogens with zero attached hydrogens (tertiary/aromatic N) is 2. The van der Waals surface area contributed by atoms with Crippen LogP contribution in [0.2, 0.25) is 0 Å². The summed E-state index contributed by atoms with van der Waals surface area (Å²) < 4.78 is 0. The van der Waals surface area contributed by atoms with Gasteiger partial charge in [-0.15, -0.1) is 0 Å². The van der Waals surface area contributed by atoms with E-state index in [2.05, 4.69) is 62.2 Å². The average molecular weight is 202 g/mol. The predicted octanol–water partition coefficient (Wildman–Crippen LogP) is 4.08. The summed E-state index contributed by atoms with van der Waals surface area (Å²) in [5.41, 5.74) is 2.37.